The summed E-state index contributed by atoms with van der Waals surface area (Å²) in [6, 6.07) is 10.9. The number of hydrogen-bond donors (Lipinski definition) is 2. The van der Waals surface area contributed by atoms with Gasteiger partial charge in [-0.15, -0.1) is 0 Å². The maximum Gasteiger partial charge on any atom is 0.286 e. The minimum absolute atomic E-state index is 0.0910. The average Bonchev–Trinajstić information content (AvgIpc) is 3.33. The number of benzene rings is 1. The van der Waals surface area contributed by atoms with Crippen LogP contribution in [0, 0.1) is 0 Å². The van der Waals surface area contributed by atoms with E-state index in [4.69, 9.17) is 4.42 Å². The van der Waals surface area contributed by atoms with Crippen LogP contribution in [0.25, 0.3) is 0 Å². The average molecular weight is 384 g/mol. The summed E-state index contributed by atoms with van der Waals surface area (Å²) >= 11 is 1.56. The fourth-order valence-corrected chi connectivity index (χ4v) is 3.13. The van der Waals surface area contributed by atoms with Crippen LogP contribution in [0.4, 0.5) is 5.69 Å². The van der Waals surface area contributed by atoms with Gasteiger partial charge in [0.15, 0.2) is 10.9 Å². The Kier molecular flexibility index (Phi) is 6.32. The van der Waals surface area contributed by atoms with Gasteiger partial charge in [0.2, 0.25) is 5.91 Å². The Bertz CT molecular complexity index is 888. The van der Waals surface area contributed by atoms with E-state index in [9.17, 15) is 9.59 Å². The molecule has 0 unspecified atom stereocenters. The Labute approximate surface area is 161 Å². The summed E-state index contributed by atoms with van der Waals surface area (Å²) in [6.07, 6.45) is 5.97. The van der Waals surface area contributed by atoms with E-state index >= 15 is 0 Å². The molecule has 0 aliphatic rings. The van der Waals surface area contributed by atoms with E-state index in [1.807, 2.05) is 42.1 Å². The van der Waals surface area contributed by atoms with Crippen LogP contribution in [0.2, 0.25) is 0 Å². The predicted molar refractivity (Wildman–Crippen MR) is 103 cm³/mol. The SMILES string of the molecule is Cn1ccnc1Sc1ccc(NC(=O)CCCNC(=O)c2ccco2)cc1. The van der Waals surface area contributed by atoms with Crippen molar-refractivity contribution in [3.8, 4) is 0 Å². The fraction of sp³-hybridized carbons (Fsp3) is 0.211. The summed E-state index contributed by atoms with van der Waals surface area (Å²) in [4.78, 5) is 29.0. The molecule has 1 aromatic carbocycles. The topological polar surface area (TPSA) is 89.2 Å². The highest BCUT2D eigenvalue weighted by atomic mass is 32.2. The van der Waals surface area contributed by atoms with Crippen molar-refractivity contribution >= 4 is 29.3 Å². The molecule has 0 spiro atoms. The van der Waals surface area contributed by atoms with Gasteiger partial charge in [0.05, 0.1) is 6.26 Å². The van der Waals surface area contributed by atoms with Crippen LogP contribution in [0.5, 0.6) is 0 Å². The smallest absolute Gasteiger partial charge is 0.286 e. The molecule has 8 heteroatoms. The van der Waals surface area contributed by atoms with E-state index in [0.29, 0.717) is 19.4 Å². The quantitative estimate of drug-likeness (QED) is 0.582. The molecule has 2 aromatic heterocycles. The summed E-state index contributed by atoms with van der Waals surface area (Å²) in [7, 11) is 1.95. The van der Waals surface area contributed by atoms with Gasteiger partial charge in [-0.3, -0.25) is 9.59 Å². The largest absolute Gasteiger partial charge is 0.459 e. The molecule has 2 amide bonds. The number of aromatic nitrogens is 2. The molecule has 0 saturated heterocycles. The van der Waals surface area contributed by atoms with E-state index in [2.05, 4.69) is 15.6 Å². The van der Waals surface area contributed by atoms with Crippen LogP contribution in [0.1, 0.15) is 23.4 Å². The van der Waals surface area contributed by atoms with Crippen LogP contribution >= 0.6 is 11.8 Å². The van der Waals surface area contributed by atoms with Crippen molar-refractivity contribution < 1.29 is 14.0 Å². The van der Waals surface area contributed by atoms with Crippen LogP contribution in [-0.2, 0) is 11.8 Å². The minimum atomic E-state index is -0.277. The monoisotopic (exact) mass is 384 g/mol. The number of amides is 2. The normalized spacial score (nSPS) is 10.6. The highest BCUT2D eigenvalue weighted by molar-refractivity contribution is 7.99. The Balaban J connectivity index is 1.39. The molecule has 3 aromatic rings. The second kappa shape index (κ2) is 9.09. The number of carbonyl (C=O) groups is 2. The molecule has 2 N–H and O–H groups in total. The first-order valence-electron chi connectivity index (χ1n) is 8.48. The zero-order valence-electron chi connectivity index (χ0n) is 14.8. The summed E-state index contributed by atoms with van der Waals surface area (Å²) < 4.78 is 6.95. The lowest BCUT2D eigenvalue weighted by molar-refractivity contribution is -0.116. The lowest BCUT2D eigenvalue weighted by Crippen LogP contribution is -2.25. The maximum atomic E-state index is 12.0. The molecular formula is C19H20N4O3S. The Morgan fingerprint density at radius 1 is 1.22 bits per heavy atom. The molecule has 2 heterocycles. The molecule has 7 nitrogen and oxygen atoms in total. The first kappa shape index (κ1) is 18.8. The molecule has 0 aliphatic heterocycles. The number of anilines is 1. The lowest BCUT2D eigenvalue weighted by atomic mass is 10.2. The molecule has 0 aliphatic carbocycles. The molecule has 140 valence electrons. The van der Waals surface area contributed by atoms with Crippen LogP contribution < -0.4 is 10.6 Å². The number of nitrogens with one attached hydrogen (secondary N) is 2. The van der Waals surface area contributed by atoms with E-state index in [-0.39, 0.29) is 17.6 Å². The predicted octanol–water partition coefficient (Wildman–Crippen LogP) is 3.31. The van der Waals surface area contributed by atoms with Crippen LogP contribution in [0.3, 0.4) is 0 Å². The van der Waals surface area contributed by atoms with E-state index in [0.717, 1.165) is 15.7 Å². The third kappa shape index (κ3) is 5.49. The van der Waals surface area contributed by atoms with Crippen molar-refractivity contribution in [1.29, 1.82) is 0 Å². The molecule has 27 heavy (non-hydrogen) atoms. The molecule has 0 bridgehead atoms. The van der Waals surface area contributed by atoms with Gasteiger partial charge in [0, 0.05) is 43.0 Å². The van der Waals surface area contributed by atoms with Gasteiger partial charge in [-0.1, -0.05) is 11.8 Å². The summed E-state index contributed by atoms with van der Waals surface area (Å²) in [5.41, 5.74) is 0.740. The van der Waals surface area contributed by atoms with Gasteiger partial charge in [0.25, 0.3) is 5.91 Å². The molecule has 0 atom stereocenters. The molecule has 3 rings (SSSR count). The van der Waals surface area contributed by atoms with E-state index in [1.54, 1.807) is 30.1 Å². The minimum Gasteiger partial charge on any atom is -0.459 e. The Morgan fingerprint density at radius 2 is 2.04 bits per heavy atom. The molecule has 0 saturated carbocycles. The number of aryl methyl sites for hydroxylation is 1. The first-order valence-corrected chi connectivity index (χ1v) is 9.30. The zero-order chi connectivity index (χ0) is 19.1. The van der Waals surface area contributed by atoms with Gasteiger partial charge in [-0.2, -0.15) is 0 Å². The summed E-state index contributed by atoms with van der Waals surface area (Å²) in [5, 5.41) is 6.47. The van der Waals surface area contributed by atoms with Gasteiger partial charge < -0.3 is 19.6 Å². The van der Waals surface area contributed by atoms with E-state index < -0.39 is 0 Å². The Hall–Kier alpha value is -3.00. The Morgan fingerprint density at radius 3 is 2.70 bits per heavy atom. The lowest BCUT2D eigenvalue weighted by Gasteiger charge is -2.07. The third-order valence-electron chi connectivity index (χ3n) is 3.74. The second-order valence-corrected chi connectivity index (χ2v) is 6.87. The van der Waals surface area contributed by atoms with Crippen molar-refractivity contribution in [2.24, 2.45) is 7.05 Å². The standard InChI is InChI=1S/C19H20N4O3S/c1-23-12-11-21-19(23)27-15-8-6-14(7-9-15)22-17(24)5-2-10-20-18(25)16-4-3-13-26-16/h3-4,6-9,11-13H,2,5,10H2,1H3,(H,20,25)(H,22,24). The van der Waals surface area contributed by atoms with Gasteiger partial charge in [-0.25, -0.2) is 4.98 Å². The zero-order valence-corrected chi connectivity index (χ0v) is 15.7. The maximum absolute atomic E-state index is 12.0. The highest BCUT2D eigenvalue weighted by Gasteiger charge is 2.08. The number of imidazole rings is 1. The molecular weight excluding hydrogens is 364 g/mol. The number of furan rings is 1. The van der Waals surface area contributed by atoms with Crippen molar-refractivity contribution in [3.05, 3.63) is 60.8 Å². The van der Waals surface area contributed by atoms with Crippen molar-refractivity contribution in [2.45, 2.75) is 22.9 Å². The molecule has 0 radical (unpaired) electrons. The van der Waals surface area contributed by atoms with Crippen molar-refractivity contribution in [1.82, 2.24) is 14.9 Å². The van der Waals surface area contributed by atoms with Crippen LogP contribution in [-0.4, -0.2) is 27.9 Å². The first-order chi connectivity index (χ1) is 13.1. The van der Waals surface area contributed by atoms with E-state index in [1.165, 1.54) is 6.26 Å². The summed E-state index contributed by atoms with van der Waals surface area (Å²) in [6.45, 7) is 0.409. The second-order valence-electron chi connectivity index (χ2n) is 5.83. The van der Waals surface area contributed by atoms with Crippen LogP contribution in [0.15, 0.2) is 69.5 Å². The highest BCUT2D eigenvalue weighted by Crippen LogP contribution is 2.26. The van der Waals surface area contributed by atoms with Gasteiger partial charge in [0.1, 0.15) is 0 Å². The number of carbonyl (C=O) groups excluding carboxylic acids is 2. The van der Waals surface area contributed by atoms with Gasteiger partial charge in [-0.05, 0) is 42.8 Å². The number of rotatable bonds is 8. The number of hydrogen-bond acceptors (Lipinski definition) is 5. The third-order valence-corrected chi connectivity index (χ3v) is 4.82. The van der Waals surface area contributed by atoms with Crippen molar-refractivity contribution in [2.75, 3.05) is 11.9 Å². The number of nitrogens with zero attached hydrogens (tertiary/aromatic N) is 2. The fourth-order valence-electron chi connectivity index (χ4n) is 2.33. The van der Waals surface area contributed by atoms with Gasteiger partial charge >= 0.3 is 0 Å². The van der Waals surface area contributed by atoms with Crippen molar-refractivity contribution in [3.63, 3.8) is 0 Å². The molecule has 0 fully saturated rings. The summed E-state index contributed by atoms with van der Waals surface area (Å²) in [5.74, 6) is -0.101.